The van der Waals surface area contributed by atoms with Crippen molar-refractivity contribution in [2.24, 2.45) is 0 Å². The first-order valence-corrected chi connectivity index (χ1v) is 9.62. The van der Waals surface area contributed by atoms with Gasteiger partial charge in [-0.2, -0.15) is 11.8 Å². The molecule has 1 unspecified atom stereocenters. The highest BCUT2D eigenvalue weighted by molar-refractivity contribution is 8.00. The standard InChI is InChI=1S/C14H19NO3S2/c1-15-12(10-19-7-8-20(2,16)17)14-9-11-5-3-4-6-13(11)18-14/h3-6,9,12,15H,7-8,10H2,1-2H3. The number of sulfone groups is 1. The van der Waals surface area contributed by atoms with Crippen molar-refractivity contribution in [3.8, 4) is 0 Å². The van der Waals surface area contributed by atoms with Crippen LogP contribution < -0.4 is 5.32 Å². The van der Waals surface area contributed by atoms with Gasteiger partial charge in [0.2, 0.25) is 0 Å². The molecular weight excluding hydrogens is 294 g/mol. The summed E-state index contributed by atoms with van der Waals surface area (Å²) in [7, 11) is -0.995. The van der Waals surface area contributed by atoms with Gasteiger partial charge < -0.3 is 9.73 Å². The van der Waals surface area contributed by atoms with Crippen LogP contribution in [0.15, 0.2) is 34.7 Å². The molecule has 0 amide bonds. The van der Waals surface area contributed by atoms with Gasteiger partial charge in [-0.25, -0.2) is 8.42 Å². The second-order valence-electron chi connectivity index (χ2n) is 4.73. The lowest BCUT2D eigenvalue weighted by atomic mass is 10.2. The normalized spacial score (nSPS) is 13.7. The minimum absolute atomic E-state index is 0.0898. The van der Waals surface area contributed by atoms with Crippen molar-refractivity contribution in [1.29, 1.82) is 0 Å². The molecule has 0 fully saturated rings. The summed E-state index contributed by atoms with van der Waals surface area (Å²) in [6, 6.07) is 10.0. The largest absolute Gasteiger partial charge is 0.459 e. The van der Waals surface area contributed by atoms with Crippen molar-refractivity contribution < 1.29 is 12.8 Å². The fourth-order valence-corrected chi connectivity index (χ4v) is 4.31. The second-order valence-corrected chi connectivity index (χ2v) is 8.14. The molecular formula is C14H19NO3S2. The Morgan fingerprint density at radius 3 is 2.75 bits per heavy atom. The van der Waals surface area contributed by atoms with E-state index in [2.05, 4.69) is 5.32 Å². The van der Waals surface area contributed by atoms with Gasteiger partial charge in [-0.3, -0.25) is 0 Å². The molecule has 6 heteroatoms. The summed E-state index contributed by atoms with van der Waals surface area (Å²) in [4.78, 5) is 0. The Kier molecular flexibility index (Phi) is 5.12. The van der Waals surface area contributed by atoms with E-state index in [9.17, 15) is 8.42 Å². The molecule has 1 aromatic heterocycles. The number of furan rings is 1. The van der Waals surface area contributed by atoms with Crippen molar-refractivity contribution >= 4 is 32.6 Å². The quantitative estimate of drug-likeness (QED) is 0.796. The molecule has 1 heterocycles. The highest BCUT2D eigenvalue weighted by atomic mass is 32.2. The Balaban J connectivity index is 1.97. The lowest BCUT2D eigenvalue weighted by molar-refractivity contribution is 0.479. The highest BCUT2D eigenvalue weighted by Gasteiger charge is 2.14. The summed E-state index contributed by atoms with van der Waals surface area (Å²) < 4.78 is 28.0. The minimum Gasteiger partial charge on any atom is -0.459 e. The van der Waals surface area contributed by atoms with Crippen LogP contribution in [0.3, 0.4) is 0 Å². The van der Waals surface area contributed by atoms with E-state index in [1.807, 2.05) is 37.4 Å². The molecule has 0 saturated carbocycles. The maximum absolute atomic E-state index is 11.1. The summed E-state index contributed by atoms with van der Waals surface area (Å²) in [5.74, 6) is 2.50. The zero-order valence-electron chi connectivity index (χ0n) is 11.6. The van der Waals surface area contributed by atoms with Gasteiger partial charge in [0.05, 0.1) is 11.8 Å². The van der Waals surface area contributed by atoms with Crippen LogP contribution in [-0.2, 0) is 9.84 Å². The van der Waals surface area contributed by atoms with Crippen LogP contribution in [0.4, 0.5) is 0 Å². The molecule has 0 aliphatic carbocycles. The Bertz CT molecular complexity index is 631. The lowest BCUT2D eigenvalue weighted by Gasteiger charge is -2.12. The van der Waals surface area contributed by atoms with Crippen LogP contribution in [0.2, 0.25) is 0 Å². The van der Waals surface area contributed by atoms with Gasteiger partial charge in [-0.1, -0.05) is 18.2 Å². The fourth-order valence-electron chi connectivity index (χ4n) is 1.89. The van der Waals surface area contributed by atoms with E-state index < -0.39 is 9.84 Å². The molecule has 110 valence electrons. The molecule has 1 aromatic carbocycles. The maximum atomic E-state index is 11.1. The third-order valence-electron chi connectivity index (χ3n) is 3.02. The van der Waals surface area contributed by atoms with Crippen LogP contribution in [0.1, 0.15) is 11.8 Å². The van der Waals surface area contributed by atoms with Gasteiger partial charge in [0, 0.05) is 23.1 Å². The van der Waals surface area contributed by atoms with Crippen LogP contribution in [-0.4, -0.2) is 39.0 Å². The first kappa shape index (κ1) is 15.4. The number of fused-ring (bicyclic) bond motifs is 1. The van der Waals surface area contributed by atoms with Gasteiger partial charge in [-0.05, 0) is 19.2 Å². The summed E-state index contributed by atoms with van der Waals surface area (Å²) >= 11 is 1.62. The van der Waals surface area contributed by atoms with E-state index in [0.717, 1.165) is 22.5 Å². The molecule has 0 radical (unpaired) electrons. The number of hydrogen-bond acceptors (Lipinski definition) is 5. The molecule has 0 bridgehead atoms. The third-order valence-corrected chi connectivity index (χ3v) is 5.29. The van der Waals surface area contributed by atoms with Gasteiger partial charge in [0.15, 0.2) is 0 Å². The third kappa shape index (κ3) is 4.26. The molecule has 0 saturated heterocycles. The lowest BCUT2D eigenvalue weighted by Crippen LogP contribution is -2.19. The Morgan fingerprint density at radius 2 is 2.10 bits per heavy atom. The van der Waals surface area contributed by atoms with E-state index in [1.54, 1.807) is 11.8 Å². The van der Waals surface area contributed by atoms with Gasteiger partial charge in [0.1, 0.15) is 21.2 Å². The van der Waals surface area contributed by atoms with Gasteiger partial charge in [0.25, 0.3) is 0 Å². The van der Waals surface area contributed by atoms with E-state index in [1.165, 1.54) is 6.26 Å². The molecule has 0 aliphatic heterocycles. The van der Waals surface area contributed by atoms with Crippen molar-refractivity contribution in [2.75, 3.05) is 30.6 Å². The van der Waals surface area contributed by atoms with Crippen molar-refractivity contribution in [2.45, 2.75) is 6.04 Å². The first-order chi connectivity index (χ1) is 9.49. The minimum atomic E-state index is -2.88. The van der Waals surface area contributed by atoms with E-state index in [0.29, 0.717) is 5.75 Å². The van der Waals surface area contributed by atoms with Crippen LogP contribution in [0.25, 0.3) is 11.0 Å². The summed E-state index contributed by atoms with van der Waals surface area (Å²) in [5.41, 5.74) is 0.879. The molecule has 4 nitrogen and oxygen atoms in total. The second kappa shape index (κ2) is 6.65. The number of rotatable bonds is 7. The number of para-hydroxylation sites is 1. The Morgan fingerprint density at radius 1 is 1.35 bits per heavy atom. The molecule has 2 aromatic rings. The van der Waals surface area contributed by atoms with E-state index >= 15 is 0 Å². The van der Waals surface area contributed by atoms with E-state index in [-0.39, 0.29) is 11.8 Å². The first-order valence-electron chi connectivity index (χ1n) is 6.41. The number of benzene rings is 1. The van der Waals surface area contributed by atoms with Crippen LogP contribution >= 0.6 is 11.8 Å². The van der Waals surface area contributed by atoms with Gasteiger partial charge in [-0.15, -0.1) is 0 Å². The van der Waals surface area contributed by atoms with E-state index in [4.69, 9.17) is 4.42 Å². The molecule has 1 atom stereocenters. The predicted octanol–water partition coefficient (Wildman–Crippen LogP) is 2.47. The monoisotopic (exact) mass is 313 g/mol. The number of hydrogen-bond donors (Lipinski definition) is 1. The highest BCUT2D eigenvalue weighted by Crippen LogP contribution is 2.25. The van der Waals surface area contributed by atoms with Crippen molar-refractivity contribution in [1.82, 2.24) is 5.32 Å². The predicted molar refractivity (Wildman–Crippen MR) is 85.1 cm³/mol. The fraction of sp³-hybridized carbons (Fsp3) is 0.429. The average Bonchev–Trinajstić information content (AvgIpc) is 2.81. The van der Waals surface area contributed by atoms with Crippen LogP contribution in [0, 0.1) is 0 Å². The SMILES string of the molecule is CNC(CSCCS(C)(=O)=O)c1cc2ccccc2o1. The molecule has 20 heavy (non-hydrogen) atoms. The summed E-state index contributed by atoms with van der Waals surface area (Å²) in [6.45, 7) is 0. The van der Waals surface area contributed by atoms with Crippen molar-refractivity contribution in [3.63, 3.8) is 0 Å². The van der Waals surface area contributed by atoms with Crippen molar-refractivity contribution in [3.05, 3.63) is 36.1 Å². The zero-order chi connectivity index (χ0) is 14.6. The van der Waals surface area contributed by atoms with Crippen LogP contribution in [0.5, 0.6) is 0 Å². The zero-order valence-corrected chi connectivity index (χ0v) is 13.3. The Hall–Kier alpha value is -0.980. The Labute approximate surface area is 123 Å². The average molecular weight is 313 g/mol. The summed E-state index contributed by atoms with van der Waals surface area (Å²) in [5, 5.41) is 4.30. The maximum Gasteiger partial charge on any atom is 0.148 e. The number of nitrogens with one attached hydrogen (secondary N) is 1. The topological polar surface area (TPSA) is 59.3 Å². The summed E-state index contributed by atoms with van der Waals surface area (Å²) in [6.07, 6.45) is 1.27. The number of thioether (sulfide) groups is 1. The molecule has 0 spiro atoms. The molecule has 2 rings (SSSR count). The molecule has 1 N–H and O–H groups in total. The molecule has 0 aliphatic rings. The smallest absolute Gasteiger partial charge is 0.148 e. The van der Waals surface area contributed by atoms with Gasteiger partial charge >= 0.3 is 0 Å².